The molecule has 0 bridgehead atoms. The van der Waals surface area contributed by atoms with Crippen molar-refractivity contribution in [1.82, 2.24) is 10.2 Å². The molecule has 15 heavy (non-hydrogen) atoms. The Balaban J connectivity index is 3.86. The van der Waals surface area contributed by atoms with Crippen molar-refractivity contribution >= 4 is 0 Å². The molecule has 1 N–H and O–H groups in total. The molecule has 2 heteroatoms. The second-order valence-corrected chi connectivity index (χ2v) is 4.69. The molecule has 0 aliphatic heterocycles. The van der Waals surface area contributed by atoms with Crippen molar-refractivity contribution in [3.05, 3.63) is 0 Å². The van der Waals surface area contributed by atoms with Crippen LogP contribution in [-0.2, 0) is 0 Å². The summed E-state index contributed by atoms with van der Waals surface area (Å²) in [5, 5.41) is 3.64. The first kappa shape index (κ1) is 14.9. The van der Waals surface area contributed by atoms with Gasteiger partial charge in [0, 0.05) is 24.7 Å². The van der Waals surface area contributed by atoms with Crippen LogP contribution in [0.25, 0.3) is 0 Å². The molecule has 0 saturated carbocycles. The predicted molar refractivity (Wildman–Crippen MR) is 69.4 cm³/mol. The van der Waals surface area contributed by atoms with Gasteiger partial charge in [0.25, 0.3) is 0 Å². The topological polar surface area (TPSA) is 15.3 Å². The smallest absolute Gasteiger partial charge is 0.0192 e. The van der Waals surface area contributed by atoms with Crippen LogP contribution in [0.3, 0.4) is 0 Å². The Kier molecular flexibility index (Phi) is 8.07. The van der Waals surface area contributed by atoms with Gasteiger partial charge < -0.3 is 5.32 Å². The van der Waals surface area contributed by atoms with E-state index in [1.807, 2.05) is 0 Å². The molecule has 0 aromatic heterocycles. The zero-order valence-corrected chi connectivity index (χ0v) is 11.5. The van der Waals surface area contributed by atoms with Crippen LogP contribution in [0.1, 0.15) is 53.9 Å². The van der Waals surface area contributed by atoms with Crippen molar-refractivity contribution in [2.75, 3.05) is 13.6 Å². The third-order valence-electron chi connectivity index (χ3n) is 3.67. The highest BCUT2D eigenvalue weighted by Crippen LogP contribution is 2.05. The van der Waals surface area contributed by atoms with Gasteiger partial charge in [-0.2, -0.15) is 0 Å². The van der Waals surface area contributed by atoms with Gasteiger partial charge in [0.15, 0.2) is 0 Å². The van der Waals surface area contributed by atoms with E-state index in [1.54, 1.807) is 0 Å². The summed E-state index contributed by atoms with van der Waals surface area (Å²) in [6.07, 6.45) is 3.69. The lowest BCUT2D eigenvalue weighted by Crippen LogP contribution is -2.44. The number of nitrogens with zero attached hydrogens (tertiary/aromatic N) is 1. The maximum absolute atomic E-state index is 3.64. The lowest BCUT2D eigenvalue weighted by molar-refractivity contribution is 0.183. The molecule has 0 aromatic rings. The molecule has 2 nitrogen and oxygen atoms in total. The van der Waals surface area contributed by atoms with Crippen molar-refractivity contribution in [2.45, 2.75) is 72.0 Å². The standard InChI is InChI=1S/C13H30N2/c1-7-11(4)15(6)12(5)10-14-13(8-2)9-3/h11-14H,7-10H2,1-6H3. The zero-order valence-electron chi connectivity index (χ0n) is 11.5. The summed E-state index contributed by atoms with van der Waals surface area (Å²) in [4.78, 5) is 2.47. The molecule has 0 aromatic carbocycles. The Morgan fingerprint density at radius 2 is 1.47 bits per heavy atom. The molecule has 0 aliphatic rings. The number of hydrogen-bond donors (Lipinski definition) is 1. The van der Waals surface area contributed by atoms with Gasteiger partial charge in [0.1, 0.15) is 0 Å². The molecule has 0 saturated heterocycles. The van der Waals surface area contributed by atoms with E-state index in [9.17, 15) is 0 Å². The van der Waals surface area contributed by atoms with Crippen LogP contribution in [0.2, 0.25) is 0 Å². The zero-order chi connectivity index (χ0) is 11.8. The maximum atomic E-state index is 3.64. The van der Waals surface area contributed by atoms with Gasteiger partial charge in [0.2, 0.25) is 0 Å². The van der Waals surface area contributed by atoms with E-state index in [2.05, 4.69) is 51.9 Å². The molecule has 0 radical (unpaired) electrons. The molecule has 92 valence electrons. The summed E-state index contributed by atoms with van der Waals surface area (Å²) in [5.41, 5.74) is 0. The van der Waals surface area contributed by atoms with Gasteiger partial charge in [-0.25, -0.2) is 0 Å². The molecule has 0 fully saturated rings. The number of hydrogen-bond acceptors (Lipinski definition) is 2. The summed E-state index contributed by atoms with van der Waals surface area (Å²) in [6, 6.07) is 2.00. The maximum Gasteiger partial charge on any atom is 0.0192 e. The van der Waals surface area contributed by atoms with Crippen LogP contribution >= 0.6 is 0 Å². The summed E-state index contributed by atoms with van der Waals surface area (Å²) < 4.78 is 0. The Morgan fingerprint density at radius 3 is 1.87 bits per heavy atom. The quantitative estimate of drug-likeness (QED) is 0.668. The summed E-state index contributed by atoms with van der Waals surface area (Å²) >= 11 is 0. The van der Waals surface area contributed by atoms with Gasteiger partial charge in [-0.05, 0) is 40.2 Å². The Morgan fingerprint density at radius 1 is 0.933 bits per heavy atom. The van der Waals surface area contributed by atoms with Crippen molar-refractivity contribution in [1.29, 1.82) is 0 Å². The van der Waals surface area contributed by atoms with Crippen LogP contribution in [-0.4, -0.2) is 36.6 Å². The van der Waals surface area contributed by atoms with E-state index in [0.29, 0.717) is 18.1 Å². The van der Waals surface area contributed by atoms with Crippen molar-refractivity contribution in [2.24, 2.45) is 0 Å². The molecular weight excluding hydrogens is 184 g/mol. The Labute approximate surface area is 96.4 Å². The van der Waals surface area contributed by atoms with E-state index in [0.717, 1.165) is 6.54 Å². The minimum absolute atomic E-state index is 0.626. The first-order valence-electron chi connectivity index (χ1n) is 6.51. The van der Waals surface area contributed by atoms with Crippen LogP contribution in [0.4, 0.5) is 0 Å². The van der Waals surface area contributed by atoms with Crippen LogP contribution < -0.4 is 5.32 Å². The summed E-state index contributed by atoms with van der Waals surface area (Å²) in [7, 11) is 2.23. The van der Waals surface area contributed by atoms with Crippen molar-refractivity contribution in [3.8, 4) is 0 Å². The fraction of sp³-hybridized carbons (Fsp3) is 1.00. The minimum atomic E-state index is 0.626. The Hall–Kier alpha value is -0.0800. The fourth-order valence-electron chi connectivity index (χ4n) is 1.78. The highest BCUT2D eigenvalue weighted by molar-refractivity contribution is 4.73. The molecular formula is C13H30N2. The second-order valence-electron chi connectivity index (χ2n) is 4.69. The summed E-state index contributed by atoms with van der Waals surface area (Å²) in [5.74, 6) is 0. The Bertz CT molecular complexity index is 143. The molecule has 0 heterocycles. The highest BCUT2D eigenvalue weighted by atomic mass is 15.2. The average molecular weight is 214 g/mol. The van der Waals surface area contributed by atoms with Gasteiger partial charge in [-0.1, -0.05) is 20.8 Å². The lowest BCUT2D eigenvalue weighted by Gasteiger charge is -2.31. The van der Waals surface area contributed by atoms with E-state index in [4.69, 9.17) is 0 Å². The fourth-order valence-corrected chi connectivity index (χ4v) is 1.78. The molecule has 2 atom stereocenters. The van der Waals surface area contributed by atoms with E-state index in [1.165, 1.54) is 19.3 Å². The van der Waals surface area contributed by atoms with Gasteiger partial charge >= 0.3 is 0 Å². The first-order valence-corrected chi connectivity index (χ1v) is 6.51. The van der Waals surface area contributed by atoms with Crippen LogP contribution in [0.5, 0.6) is 0 Å². The van der Waals surface area contributed by atoms with Gasteiger partial charge in [-0.3, -0.25) is 4.90 Å². The SMILES string of the molecule is CCC(CC)NCC(C)N(C)C(C)CC. The third-order valence-corrected chi connectivity index (χ3v) is 3.67. The van der Waals surface area contributed by atoms with Gasteiger partial charge in [0.05, 0.1) is 0 Å². The largest absolute Gasteiger partial charge is 0.312 e. The molecule has 0 rings (SSSR count). The van der Waals surface area contributed by atoms with Crippen molar-refractivity contribution < 1.29 is 0 Å². The normalized spacial score (nSPS) is 16.0. The molecule has 2 unspecified atom stereocenters. The molecule has 0 aliphatic carbocycles. The molecule has 0 spiro atoms. The number of nitrogens with one attached hydrogen (secondary N) is 1. The van der Waals surface area contributed by atoms with E-state index >= 15 is 0 Å². The monoisotopic (exact) mass is 214 g/mol. The van der Waals surface area contributed by atoms with E-state index < -0.39 is 0 Å². The van der Waals surface area contributed by atoms with E-state index in [-0.39, 0.29) is 0 Å². The van der Waals surface area contributed by atoms with Crippen LogP contribution in [0.15, 0.2) is 0 Å². The number of likely N-dealkylation sites (N-methyl/N-ethyl adjacent to an activating group) is 1. The second kappa shape index (κ2) is 8.12. The van der Waals surface area contributed by atoms with Gasteiger partial charge in [-0.15, -0.1) is 0 Å². The minimum Gasteiger partial charge on any atom is -0.312 e. The third kappa shape index (κ3) is 5.53. The highest BCUT2D eigenvalue weighted by Gasteiger charge is 2.14. The molecule has 0 amide bonds. The lowest BCUT2D eigenvalue weighted by atomic mass is 10.1. The predicted octanol–water partition coefficient (Wildman–Crippen LogP) is 2.88. The van der Waals surface area contributed by atoms with Crippen LogP contribution in [0, 0.1) is 0 Å². The average Bonchev–Trinajstić information content (AvgIpc) is 2.27. The first-order chi connectivity index (χ1) is 7.06. The van der Waals surface area contributed by atoms with Crippen molar-refractivity contribution in [3.63, 3.8) is 0 Å². The summed E-state index contributed by atoms with van der Waals surface area (Å²) in [6.45, 7) is 12.5. The number of rotatable bonds is 8.